The molecule has 2 rings (SSSR count). The zero-order chi connectivity index (χ0) is 18.1. The summed E-state index contributed by atoms with van der Waals surface area (Å²) in [5.74, 6) is -1.17. The summed E-state index contributed by atoms with van der Waals surface area (Å²) in [6.07, 6.45) is -2.73. The van der Waals surface area contributed by atoms with Crippen LogP contribution in [0.25, 0.3) is 0 Å². The highest BCUT2D eigenvalue weighted by Crippen LogP contribution is 2.42. The van der Waals surface area contributed by atoms with Crippen molar-refractivity contribution >= 4 is 17.4 Å². The summed E-state index contributed by atoms with van der Waals surface area (Å²) in [4.78, 5) is 33.9. The average Bonchev–Trinajstić information content (AvgIpc) is 2.53. The first kappa shape index (κ1) is 17.6. The molecular weight excluding hydrogens is 331 g/mol. The molecule has 1 atom stereocenters. The van der Waals surface area contributed by atoms with Gasteiger partial charge in [-0.15, -0.1) is 0 Å². The normalized spacial score (nSPS) is 20.8. The molecule has 9 heteroatoms. The van der Waals surface area contributed by atoms with Gasteiger partial charge in [-0.25, -0.2) is 0 Å². The summed E-state index contributed by atoms with van der Waals surface area (Å²) in [7, 11) is 1.06. The van der Waals surface area contributed by atoms with Crippen molar-refractivity contribution in [3.63, 3.8) is 0 Å². The Kier molecular flexibility index (Phi) is 4.46. The number of allylic oxidation sites excluding steroid dienone is 1. The zero-order valence-corrected chi connectivity index (χ0v) is 12.4. The Labute approximate surface area is 134 Å². The molecule has 1 aliphatic rings. The Morgan fingerprint density at radius 2 is 2.04 bits per heavy atom. The number of halogens is 3. The zero-order valence-electron chi connectivity index (χ0n) is 12.4. The molecule has 0 aliphatic heterocycles. The lowest BCUT2D eigenvalue weighted by molar-refractivity contribution is -0.386. The third kappa shape index (κ3) is 3.01. The molecule has 0 saturated heterocycles. The Morgan fingerprint density at radius 3 is 2.50 bits per heavy atom. The van der Waals surface area contributed by atoms with Gasteiger partial charge >= 0.3 is 12.1 Å². The van der Waals surface area contributed by atoms with Crippen molar-refractivity contribution in [1.82, 2.24) is 0 Å². The van der Waals surface area contributed by atoms with Gasteiger partial charge in [-0.3, -0.25) is 19.7 Å². The minimum Gasteiger partial charge on any atom is -0.468 e. The van der Waals surface area contributed by atoms with E-state index in [9.17, 15) is 32.9 Å². The lowest BCUT2D eigenvalue weighted by atomic mass is 9.72. The van der Waals surface area contributed by atoms with Gasteiger partial charge in [0.25, 0.3) is 5.69 Å². The first-order chi connectivity index (χ1) is 11.1. The monoisotopic (exact) mass is 343 g/mol. The average molecular weight is 343 g/mol. The second kappa shape index (κ2) is 6.06. The third-order valence-electron chi connectivity index (χ3n) is 3.87. The number of esters is 1. The highest BCUT2D eigenvalue weighted by molar-refractivity contribution is 5.96. The van der Waals surface area contributed by atoms with Crippen LogP contribution in [0.5, 0.6) is 0 Å². The number of carbonyl (C=O) groups is 2. The van der Waals surface area contributed by atoms with E-state index in [2.05, 4.69) is 4.74 Å². The molecule has 1 aliphatic carbocycles. The van der Waals surface area contributed by atoms with Gasteiger partial charge in [0.2, 0.25) is 0 Å². The molecule has 0 amide bonds. The first-order valence-electron chi connectivity index (χ1n) is 6.78. The molecule has 128 valence electrons. The van der Waals surface area contributed by atoms with E-state index in [0.29, 0.717) is 12.1 Å². The van der Waals surface area contributed by atoms with Crippen LogP contribution < -0.4 is 0 Å². The lowest BCUT2D eigenvalue weighted by Crippen LogP contribution is -2.38. The van der Waals surface area contributed by atoms with Crippen molar-refractivity contribution in [2.24, 2.45) is 0 Å². The van der Waals surface area contributed by atoms with Gasteiger partial charge in [-0.2, -0.15) is 13.2 Å². The van der Waals surface area contributed by atoms with Crippen molar-refractivity contribution in [3.05, 3.63) is 51.6 Å². The molecule has 6 nitrogen and oxygen atoms in total. The van der Waals surface area contributed by atoms with Gasteiger partial charge in [-0.05, 0) is 18.6 Å². The van der Waals surface area contributed by atoms with Crippen LogP contribution in [-0.4, -0.2) is 23.8 Å². The number of rotatable bonds is 3. The minimum absolute atomic E-state index is 0.0796. The van der Waals surface area contributed by atoms with Crippen LogP contribution in [0.2, 0.25) is 0 Å². The number of nitro groups is 1. The summed E-state index contributed by atoms with van der Waals surface area (Å²) in [5.41, 5.74) is -3.96. The smallest absolute Gasteiger partial charge is 0.416 e. The van der Waals surface area contributed by atoms with Gasteiger partial charge in [0.05, 0.1) is 23.2 Å². The van der Waals surface area contributed by atoms with Gasteiger partial charge < -0.3 is 4.74 Å². The number of nitrogens with zero attached hydrogens (tertiary/aromatic N) is 1. The largest absolute Gasteiger partial charge is 0.468 e. The number of benzene rings is 1. The molecule has 0 heterocycles. The van der Waals surface area contributed by atoms with Crippen molar-refractivity contribution < 1.29 is 32.4 Å². The lowest BCUT2D eigenvalue weighted by Gasteiger charge is -2.30. The van der Waals surface area contributed by atoms with Crippen LogP contribution in [-0.2, 0) is 25.9 Å². The Morgan fingerprint density at radius 1 is 1.38 bits per heavy atom. The minimum atomic E-state index is -4.76. The molecule has 0 bridgehead atoms. The fourth-order valence-corrected chi connectivity index (χ4v) is 2.65. The molecule has 0 radical (unpaired) electrons. The molecule has 0 saturated carbocycles. The number of hydrogen-bond acceptors (Lipinski definition) is 5. The van der Waals surface area contributed by atoms with Crippen molar-refractivity contribution in [1.29, 1.82) is 0 Å². The maximum absolute atomic E-state index is 12.8. The van der Waals surface area contributed by atoms with E-state index < -0.39 is 33.7 Å². The third-order valence-corrected chi connectivity index (χ3v) is 3.87. The molecule has 24 heavy (non-hydrogen) atoms. The van der Waals surface area contributed by atoms with E-state index in [1.165, 1.54) is 0 Å². The van der Waals surface area contributed by atoms with Crippen LogP contribution in [0.3, 0.4) is 0 Å². The predicted octanol–water partition coefficient (Wildman–Crippen LogP) is 2.94. The standard InChI is InChI=1S/C15H12F3NO5/c1-24-13(21)14(6-4-10(20)5-7-14)11-3-2-9(15(16,17)18)8-12(11)19(22)23/h2-4,6,8H,5,7H2,1H3. The predicted molar refractivity (Wildman–Crippen MR) is 75.2 cm³/mol. The van der Waals surface area contributed by atoms with Gasteiger partial charge in [-0.1, -0.05) is 12.1 Å². The number of ketones is 1. The van der Waals surface area contributed by atoms with Crippen LogP contribution in [0.15, 0.2) is 30.4 Å². The Balaban J connectivity index is 2.71. The van der Waals surface area contributed by atoms with Crippen molar-refractivity contribution in [3.8, 4) is 0 Å². The maximum atomic E-state index is 12.8. The van der Waals surface area contributed by atoms with Crippen LogP contribution in [0.4, 0.5) is 18.9 Å². The molecule has 1 unspecified atom stereocenters. The van der Waals surface area contributed by atoms with E-state index in [1.807, 2.05) is 0 Å². The number of ether oxygens (including phenoxy) is 1. The number of nitro benzene ring substituents is 1. The summed E-state index contributed by atoms with van der Waals surface area (Å²) < 4.78 is 43.1. The molecule has 0 spiro atoms. The topological polar surface area (TPSA) is 86.5 Å². The number of hydrogen-bond donors (Lipinski definition) is 0. The molecule has 0 aromatic heterocycles. The number of carbonyl (C=O) groups excluding carboxylic acids is 2. The van der Waals surface area contributed by atoms with Gasteiger partial charge in [0.1, 0.15) is 5.41 Å². The van der Waals surface area contributed by atoms with Crippen molar-refractivity contribution in [2.75, 3.05) is 7.11 Å². The molecular formula is C15H12F3NO5. The Bertz CT molecular complexity index is 741. The van der Waals surface area contributed by atoms with Crippen molar-refractivity contribution in [2.45, 2.75) is 24.4 Å². The van der Waals surface area contributed by atoms with Crippen LogP contribution in [0.1, 0.15) is 24.0 Å². The molecule has 0 N–H and O–H groups in total. The van der Waals surface area contributed by atoms with E-state index >= 15 is 0 Å². The number of alkyl halides is 3. The number of methoxy groups -OCH3 is 1. The highest BCUT2D eigenvalue weighted by Gasteiger charge is 2.46. The van der Waals surface area contributed by atoms with E-state index in [0.717, 1.165) is 25.3 Å². The first-order valence-corrected chi connectivity index (χ1v) is 6.78. The van der Waals surface area contributed by atoms with Crippen LogP contribution in [0, 0.1) is 10.1 Å². The molecule has 1 aromatic carbocycles. The molecule has 1 aromatic rings. The fraction of sp³-hybridized carbons (Fsp3) is 0.333. The fourth-order valence-electron chi connectivity index (χ4n) is 2.65. The highest BCUT2D eigenvalue weighted by atomic mass is 19.4. The van der Waals surface area contributed by atoms with Gasteiger partial charge in [0.15, 0.2) is 5.78 Å². The second-order valence-corrected chi connectivity index (χ2v) is 5.25. The SMILES string of the molecule is COC(=O)C1(c2ccc(C(F)(F)F)cc2[N+](=O)[O-])C=CC(=O)CC1. The summed E-state index contributed by atoms with van der Waals surface area (Å²) in [5, 5.41) is 11.3. The second-order valence-electron chi connectivity index (χ2n) is 5.25. The molecule has 0 fully saturated rings. The van der Waals surface area contributed by atoms with Crippen LogP contribution >= 0.6 is 0 Å². The van der Waals surface area contributed by atoms with E-state index in [1.54, 1.807) is 0 Å². The maximum Gasteiger partial charge on any atom is 0.416 e. The van der Waals surface area contributed by atoms with Gasteiger partial charge in [0, 0.05) is 12.5 Å². The van der Waals surface area contributed by atoms with E-state index in [4.69, 9.17) is 0 Å². The summed E-state index contributed by atoms with van der Waals surface area (Å²) in [6, 6.07) is 1.93. The summed E-state index contributed by atoms with van der Waals surface area (Å²) in [6.45, 7) is 0. The Hall–Kier alpha value is -2.71. The summed E-state index contributed by atoms with van der Waals surface area (Å²) >= 11 is 0. The van der Waals surface area contributed by atoms with E-state index in [-0.39, 0.29) is 24.2 Å². The quantitative estimate of drug-likeness (QED) is 0.478.